The van der Waals surface area contributed by atoms with E-state index in [1.54, 1.807) is 7.11 Å². The Hall–Kier alpha value is -0.650. The van der Waals surface area contributed by atoms with Gasteiger partial charge >= 0.3 is 0 Å². The summed E-state index contributed by atoms with van der Waals surface area (Å²) in [4.78, 5) is 8.93. The average Bonchev–Trinajstić information content (AvgIpc) is 3.25. The molecule has 1 saturated heterocycles. The summed E-state index contributed by atoms with van der Waals surface area (Å²) < 4.78 is 5.10. The Morgan fingerprint density at radius 2 is 2.05 bits per heavy atom. The first kappa shape index (κ1) is 15.3. The Balaban J connectivity index is 1.64. The van der Waals surface area contributed by atoms with Gasteiger partial charge in [-0.25, -0.2) is 4.98 Å². The van der Waals surface area contributed by atoms with Crippen LogP contribution >= 0.6 is 11.3 Å². The van der Waals surface area contributed by atoms with Gasteiger partial charge in [0.15, 0.2) is 5.13 Å². The van der Waals surface area contributed by atoms with E-state index in [2.05, 4.69) is 17.1 Å². The van der Waals surface area contributed by atoms with Crippen molar-refractivity contribution in [3.63, 3.8) is 0 Å². The summed E-state index contributed by atoms with van der Waals surface area (Å²) in [5.41, 5.74) is 1.37. The molecular weight excluding hydrogens is 282 g/mol. The maximum atomic E-state index is 5.10. The van der Waals surface area contributed by atoms with Crippen molar-refractivity contribution in [3.05, 3.63) is 10.6 Å². The second-order valence-electron chi connectivity index (χ2n) is 6.42. The van der Waals surface area contributed by atoms with Gasteiger partial charge in [-0.15, -0.1) is 11.3 Å². The molecule has 4 nitrogen and oxygen atoms in total. The molecule has 21 heavy (non-hydrogen) atoms. The number of hydrogen-bond acceptors (Lipinski definition) is 5. The fourth-order valence-electron chi connectivity index (χ4n) is 2.86. The van der Waals surface area contributed by atoms with Gasteiger partial charge in [-0.05, 0) is 31.6 Å². The maximum absolute atomic E-state index is 5.10. The Morgan fingerprint density at radius 3 is 2.71 bits per heavy atom. The lowest BCUT2D eigenvalue weighted by Gasteiger charge is -2.29. The zero-order valence-corrected chi connectivity index (χ0v) is 14.0. The zero-order chi connectivity index (χ0) is 14.7. The predicted molar refractivity (Wildman–Crippen MR) is 88.3 cm³/mol. The lowest BCUT2D eigenvalue weighted by Crippen LogP contribution is -2.32. The molecule has 0 amide bonds. The Labute approximate surface area is 131 Å². The summed E-state index contributed by atoms with van der Waals surface area (Å²) in [6, 6.07) is 0. The summed E-state index contributed by atoms with van der Waals surface area (Å²) in [5, 5.41) is 4.73. The van der Waals surface area contributed by atoms with Crippen molar-refractivity contribution in [1.82, 2.24) is 10.3 Å². The van der Waals surface area contributed by atoms with Crippen molar-refractivity contribution >= 4 is 16.5 Å². The van der Waals surface area contributed by atoms with Crippen LogP contribution in [0.2, 0.25) is 0 Å². The van der Waals surface area contributed by atoms with E-state index in [9.17, 15) is 0 Å². The second-order valence-corrected chi connectivity index (χ2v) is 7.48. The molecule has 0 atom stereocenters. The standard InChI is InChI=1S/C16H27N3OS/c1-12-5-8-19(9-6-12)16-18-15(13-3-4-13)14(21-16)11-17-7-10-20-2/h12-13,17H,3-11H2,1-2H3. The number of aromatic nitrogens is 1. The first-order chi connectivity index (χ1) is 10.3. The SMILES string of the molecule is COCCNCc1sc(N2CCC(C)CC2)nc1C1CC1. The number of thiazole rings is 1. The molecule has 0 radical (unpaired) electrons. The normalized spacial score (nSPS) is 20.2. The summed E-state index contributed by atoms with van der Waals surface area (Å²) in [5.74, 6) is 1.61. The topological polar surface area (TPSA) is 37.4 Å². The Bertz CT molecular complexity index is 450. The van der Waals surface area contributed by atoms with Gasteiger partial charge in [0.25, 0.3) is 0 Å². The van der Waals surface area contributed by atoms with E-state index in [4.69, 9.17) is 9.72 Å². The van der Waals surface area contributed by atoms with E-state index in [1.165, 1.54) is 54.5 Å². The number of methoxy groups -OCH3 is 1. The van der Waals surface area contributed by atoms with Gasteiger partial charge in [0.05, 0.1) is 12.3 Å². The highest BCUT2D eigenvalue weighted by Crippen LogP contribution is 2.44. The fraction of sp³-hybridized carbons (Fsp3) is 0.812. The molecule has 0 unspecified atom stereocenters. The lowest BCUT2D eigenvalue weighted by atomic mass is 10.00. The van der Waals surface area contributed by atoms with Crippen LogP contribution in [0.5, 0.6) is 0 Å². The van der Waals surface area contributed by atoms with Gasteiger partial charge in [0, 0.05) is 44.1 Å². The highest BCUT2D eigenvalue weighted by atomic mass is 32.1. The fourth-order valence-corrected chi connectivity index (χ4v) is 4.03. The molecule has 0 aromatic carbocycles. The second kappa shape index (κ2) is 7.07. The van der Waals surface area contributed by atoms with E-state index in [-0.39, 0.29) is 0 Å². The van der Waals surface area contributed by atoms with Crippen molar-refractivity contribution in [3.8, 4) is 0 Å². The van der Waals surface area contributed by atoms with Crippen molar-refractivity contribution in [2.45, 2.75) is 45.1 Å². The minimum absolute atomic E-state index is 0.734. The molecular formula is C16H27N3OS. The molecule has 1 aromatic heterocycles. The summed E-state index contributed by atoms with van der Waals surface area (Å²) in [7, 11) is 1.75. The van der Waals surface area contributed by atoms with Gasteiger partial charge in [0.1, 0.15) is 0 Å². The number of ether oxygens (including phenoxy) is 1. The van der Waals surface area contributed by atoms with Crippen molar-refractivity contribution in [1.29, 1.82) is 0 Å². The number of nitrogens with zero attached hydrogens (tertiary/aromatic N) is 2. The van der Waals surface area contributed by atoms with Crippen molar-refractivity contribution in [2.24, 2.45) is 5.92 Å². The number of rotatable bonds is 7. The molecule has 1 aliphatic carbocycles. The van der Waals surface area contributed by atoms with Crippen LogP contribution in [0.1, 0.15) is 49.1 Å². The minimum atomic E-state index is 0.734. The predicted octanol–water partition coefficient (Wildman–Crippen LogP) is 2.99. The highest BCUT2D eigenvalue weighted by Gasteiger charge is 2.30. The summed E-state index contributed by atoms with van der Waals surface area (Å²) in [6.45, 7) is 7.34. The van der Waals surface area contributed by atoms with Gasteiger partial charge in [-0.3, -0.25) is 0 Å². The average molecular weight is 309 g/mol. The summed E-state index contributed by atoms with van der Waals surface area (Å²) >= 11 is 1.91. The van der Waals surface area contributed by atoms with Crippen LogP contribution in [0.15, 0.2) is 0 Å². The van der Waals surface area contributed by atoms with Gasteiger partial charge in [-0.1, -0.05) is 6.92 Å². The smallest absolute Gasteiger partial charge is 0.185 e. The molecule has 1 aromatic rings. The van der Waals surface area contributed by atoms with Gasteiger partial charge in [0.2, 0.25) is 0 Å². The van der Waals surface area contributed by atoms with Gasteiger partial charge < -0.3 is 15.0 Å². The Kier molecular flexibility index (Phi) is 5.14. The molecule has 1 saturated carbocycles. The van der Waals surface area contributed by atoms with Crippen LogP contribution in [0.3, 0.4) is 0 Å². The molecule has 2 aliphatic rings. The molecule has 2 heterocycles. The third kappa shape index (κ3) is 3.96. The van der Waals surface area contributed by atoms with Crippen molar-refractivity contribution in [2.75, 3.05) is 38.3 Å². The minimum Gasteiger partial charge on any atom is -0.383 e. The van der Waals surface area contributed by atoms with Crippen LogP contribution in [0.25, 0.3) is 0 Å². The van der Waals surface area contributed by atoms with E-state index < -0.39 is 0 Å². The van der Waals surface area contributed by atoms with E-state index >= 15 is 0 Å². The van der Waals surface area contributed by atoms with E-state index in [0.717, 1.165) is 31.5 Å². The van der Waals surface area contributed by atoms with Gasteiger partial charge in [-0.2, -0.15) is 0 Å². The van der Waals surface area contributed by atoms with Crippen LogP contribution in [-0.2, 0) is 11.3 Å². The van der Waals surface area contributed by atoms with Crippen LogP contribution in [0, 0.1) is 5.92 Å². The lowest BCUT2D eigenvalue weighted by molar-refractivity contribution is 0.199. The number of hydrogen-bond donors (Lipinski definition) is 1. The molecule has 0 spiro atoms. The van der Waals surface area contributed by atoms with Crippen LogP contribution in [-0.4, -0.2) is 38.3 Å². The molecule has 0 bridgehead atoms. The molecule has 1 aliphatic heterocycles. The first-order valence-corrected chi connectivity index (χ1v) is 9.03. The largest absolute Gasteiger partial charge is 0.383 e. The first-order valence-electron chi connectivity index (χ1n) is 8.22. The third-order valence-corrected chi connectivity index (χ3v) is 5.63. The molecule has 2 fully saturated rings. The highest BCUT2D eigenvalue weighted by molar-refractivity contribution is 7.15. The molecule has 3 rings (SSSR count). The maximum Gasteiger partial charge on any atom is 0.185 e. The molecule has 118 valence electrons. The zero-order valence-electron chi connectivity index (χ0n) is 13.2. The monoisotopic (exact) mass is 309 g/mol. The Morgan fingerprint density at radius 1 is 1.29 bits per heavy atom. The quantitative estimate of drug-likeness (QED) is 0.786. The van der Waals surface area contributed by atoms with Crippen LogP contribution in [0.4, 0.5) is 5.13 Å². The van der Waals surface area contributed by atoms with Crippen molar-refractivity contribution < 1.29 is 4.74 Å². The van der Waals surface area contributed by atoms with E-state index in [1.807, 2.05) is 11.3 Å². The summed E-state index contributed by atoms with van der Waals surface area (Å²) in [6.07, 6.45) is 5.26. The number of anilines is 1. The molecule has 1 N–H and O–H groups in total. The van der Waals surface area contributed by atoms with E-state index in [0.29, 0.717) is 0 Å². The number of piperidine rings is 1. The number of nitrogens with one attached hydrogen (secondary N) is 1. The molecule has 5 heteroatoms. The third-order valence-electron chi connectivity index (χ3n) is 4.50. The van der Waals surface area contributed by atoms with Crippen LogP contribution < -0.4 is 10.2 Å².